The van der Waals surface area contributed by atoms with Gasteiger partial charge in [-0.05, 0) is 18.2 Å². The fraction of sp³-hybridized carbons (Fsp3) is 0.438. The van der Waals surface area contributed by atoms with Gasteiger partial charge >= 0.3 is 6.18 Å². The van der Waals surface area contributed by atoms with Crippen LogP contribution in [0, 0.1) is 5.92 Å². The van der Waals surface area contributed by atoms with Crippen LogP contribution in [0.4, 0.5) is 18.9 Å². The molecule has 0 aromatic heterocycles. The van der Waals surface area contributed by atoms with Gasteiger partial charge < -0.3 is 15.5 Å². The number of hydrogen-bond donors (Lipinski definition) is 2. The second kappa shape index (κ2) is 7.54. The minimum absolute atomic E-state index is 0.0200. The number of nitrogens with zero attached hydrogens (tertiary/aromatic N) is 1. The number of anilines is 1. The summed E-state index contributed by atoms with van der Waals surface area (Å²) in [6.07, 6.45) is -4.57. The molecule has 0 saturated carbocycles. The summed E-state index contributed by atoms with van der Waals surface area (Å²) >= 11 is 0. The maximum absolute atomic E-state index is 12.8. The molecule has 25 heavy (non-hydrogen) atoms. The molecule has 9 heteroatoms. The lowest BCUT2D eigenvalue weighted by atomic mass is 10.1. The van der Waals surface area contributed by atoms with E-state index >= 15 is 0 Å². The topological polar surface area (TPSA) is 78.5 Å². The number of rotatable bonds is 5. The molecule has 0 bridgehead atoms. The monoisotopic (exact) mass is 357 g/mol. The van der Waals surface area contributed by atoms with Gasteiger partial charge in [0.1, 0.15) is 0 Å². The molecule has 1 saturated heterocycles. The van der Waals surface area contributed by atoms with Gasteiger partial charge in [-0.3, -0.25) is 14.4 Å². The molecular weight excluding hydrogens is 339 g/mol. The predicted molar refractivity (Wildman–Crippen MR) is 83.6 cm³/mol. The molecule has 0 unspecified atom stereocenters. The fourth-order valence-corrected chi connectivity index (χ4v) is 2.55. The van der Waals surface area contributed by atoms with Gasteiger partial charge in [0, 0.05) is 38.7 Å². The number of halogens is 3. The van der Waals surface area contributed by atoms with Crippen molar-refractivity contribution in [2.24, 2.45) is 5.92 Å². The summed E-state index contributed by atoms with van der Waals surface area (Å²) in [7, 11) is 0. The van der Waals surface area contributed by atoms with Gasteiger partial charge in [-0.25, -0.2) is 0 Å². The fourth-order valence-electron chi connectivity index (χ4n) is 2.55. The second-order valence-corrected chi connectivity index (χ2v) is 5.73. The first-order chi connectivity index (χ1) is 11.7. The Morgan fingerprint density at radius 1 is 1.24 bits per heavy atom. The normalized spacial score (nSPS) is 17.5. The Hall–Kier alpha value is -2.58. The van der Waals surface area contributed by atoms with Crippen molar-refractivity contribution in [3.05, 3.63) is 29.8 Å². The van der Waals surface area contributed by atoms with Crippen molar-refractivity contribution in [3.63, 3.8) is 0 Å². The molecule has 0 spiro atoms. The maximum atomic E-state index is 12.8. The van der Waals surface area contributed by atoms with E-state index in [-0.39, 0.29) is 43.6 Å². The van der Waals surface area contributed by atoms with Crippen LogP contribution >= 0.6 is 0 Å². The van der Waals surface area contributed by atoms with Crippen LogP contribution in [0.1, 0.15) is 18.9 Å². The Balaban J connectivity index is 1.98. The quantitative estimate of drug-likeness (QED) is 0.780. The van der Waals surface area contributed by atoms with Gasteiger partial charge in [-0.15, -0.1) is 0 Å². The number of carbonyl (C=O) groups is 3. The van der Waals surface area contributed by atoms with E-state index in [1.165, 1.54) is 24.0 Å². The number of carbonyl (C=O) groups excluding carboxylic acids is 3. The van der Waals surface area contributed by atoms with Crippen LogP contribution in [-0.4, -0.2) is 37.4 Å². The molecule has 1 aliphatic rings. The van der Waals surface area contributed by atoms with Crippen LogP contribution in [0.3, 0.4) is 0 Å². The molecule has 0 aliphatic carbocycles. The number of nitrogens with one attached hydrogen (secondary N) is 2. The summed E-state index contributed by atoms with van der Waals surface area (Å²) < 4.78 is 38.4. The summed E-state index contributed by atoms with van der Waals surface area (Å²) in [6.45, 7) is 1.85. The zero-order valence-electron chi connectivity index (χ0n) is 13.5. The standard InChI is InChI=1S/C16H18F3N3O3/c1-10(23)20-5-6-21-15(25)11-7-14(24)22(9-11)13-4-2-3-12(8-13)16(17,18)19/h2-4,8,11H,5-7,9H2,1H3,(H,20,23)(H,21,25)/t11-/m1/s1. The first kappa shape index (κ1) is 18.8. The average molecular weight is 357 g/mol. The van der Waals surface area contributed by atoms with Crippen molar-refractivity contribution in [1.29, 1.82) is 0 Å². The lowest BCUT2D eigenvalue weighted by Crippen LogP contribution is -2.38. The highest BCUT2D eigenvalue weighted by Crippen LogP contribution is 2.33. The van der Waals surface area contributed by atoms with Crippen molar-refractivity contribution in [1.82, 2.24) is 10.6 Å². The number of benzene rings is 1. The Morgan fingerprint density at radius 2 is 1.92 bits per heavy atom. The summed E-state index contributed by atoms with van der Waals surface area (Å²) in [5, 5.41) is 5.11. The maximum Gasteiger partial charge on any atom is 0.416 e. The first-order valence-electron chi connectivity index (χ1n) is 7.68. The molecule has 0 radical (unpaired) electrons. The van der Waals surface area contributed by atoms with Crippen LogP contribution < -0.4 is 15.5 Å². The summed E-state index contributed by atoms with van der Waals surface area (Å²) in [5.41, 5.74) is -0.727. The largest absolute Gasteiger partial charge is 0.416 e. The van der Waals surface area contributed by atoms with Crippen molar-refractivity contribution in [3.8, 4) is 0 Å². The highest BCUT2D eigenvalue weighted by atomic mass is 19.4. The third-order valence-corrected chi connectivity index (χ3v) is 3.78. The second-order valence-electron chi connectivity index (χ2n) is 5.73. The van der Waals surface area contributed by atoms with Gasteiger partial charge in [0.2, 0.25) is 17.7 Å². The third kappa shape index (κ3) is 4.94. The molecule has 3 amide bonds. The molecule has 1 aromatic carbocycles. The van der Waals surface area contributed by atoms with Gasteiger partial charge in [0.25, 0.3) is 0 Å². The van der Waals surface area contributed by atoms with E-state index < -0.39 is 23.6 Å². The minimum atomic E-state index is -4.50. The van der Waals surface area contributed by atoms with E-state index in [0.717, 1.165) is 12.1 Å². The summed E-state index contributed by atoms with van der Waals surface area (Å²) in [5.74, 6) is -1.63. The van der Waals surface area contributed by atoms with Crippen LogP contribution in [-0.2, 0) is 20.6 Å². The van der Waals surface area contributed by atoms with E-state index in [1.54, 1.807) is 0 Å². The van der Waals surface area contributed by atoms with E-state index in [0.29, 0.717) is 0 Å². The predicted octanol–water partition coefficient (Wildman–Crippen LogP) is 1.31. The van der Waals surface area contributed by atoms with E-state index in [9.17, 15) is 27.6 Å². The number of alkyl halides is 3. The molecule has 136 valence electrons. The smallest absolute Gasteiger partial charge is 0.355 e. The van der Waals surface area contributed by atoms with E-state index in [2.05, 4.69) is 10.6 Å². The molecule has 1 aliphatic heterocycles. The van der Waals surface area contributed by atoms with Gasteiger partial charge in [0.05, 0.1) is 11.5 Å². The molecular formula is C16H18F3N3O3. The molecule has 1 atom stereocenters. The van der Waals surface area contributed by atoms with Crippen molar-refractivity contribution >= 4 is 23.4 Å². The Labute approximate surface area is 142 Å². The van der Waals surface area contributed by atoms with Crippen molar-refractivity contribution in [2.45, 2.75) is 19.5 Å². The average Bonchev–Trinajstić information content (AvgIpc) is 2.92. The molecule has 2 N–H and O–H groups in total. The van der Waals surface area contributed by atoms with Crippen LogP contribution in [0.5, 0.6) is 0 Å². The van der Waals surface area contributed by atoms with Crippen molar-refractivity contribution in [2.75, 3.05) is 24.5 Å². The minimum Gasteiger partial charge on any atom is -0.355 e. The highest BCUT2D eigenvalue weighted by Gasteiger charge is 2.36. The lowest BCUT2D eigenvalue weighted by molar-refractivity contribution is -0.137. The summed E-state index contributed by atoms with van der Waals surface area (Å²) in [6, 6.07) is 4.46. The van der Waals surface area contributed by atoms with E-state index in [4.69, 9.17) is 0 Å². The Morgan fingerprint density at radius 3 is 2.56 bits per heavy atom. The number of hydrogen-bond acceptors (Lipinski definition) is 3. The van der Waals surface area contributed by atoms with Gasteiger partial charge in [-0.2, -0.15) is 13.2 Å². The van der Waals surface area contributed by atoms with Crippen LogP contribution in [0.2, 0.25) is 0 Å². The molecule has 2 rings (SSSR count). The van der Waals surface area contributed by atoms with E-state index in [1.807, 2.05) is 0 Å². The lowest BCUT2D eigenvalue weighted by Gasteiger charge is -2.18. The Kier molecular flexibility index (Phi) is 5.66. The van der Waals surface area contributed by atoms with Crippen molar-refractivity contribution < 1.29 is 27.6 Å². The highest BCUT2D eigenvalue weighted by molar-refractivity contribution is 6.00. The number of amides is 3. The van der Waals surface area contributed by atoms with Crippen LogP contribution in [0.25, 0.3) is 0 Å². The zero-order chi connectivity index (χ0) is 18.6. The molecule has 6 nitrogen and oxygen atoms in total. The molecule has 1 fully saturated rings. The first-order valence-corrected chi connectivity index (χ1v) is 7.68. The van der Waals surface area contributed by atoms with Gasteiger partial charge in [-0.1, -0.05) is 6.07 Å². The third-order valence-electron chi connectivity index (χ3n) is 3.78. The molecule has 1 heterocycles. The van der Waals surface area contributed by atoms with Gasteiger partial charge in [0.15, 0.2) is 0 Å². The zero-order valence-corrected chi connectivity index (χ0v) is 13.5. The Bertz CT molecular complexity index is 676. The molecule has 1 aromatic rings. The SMILES string of the molecule is CC(=O)NCCNC(=O)[C@@H]1CC(=O)N(c2cccc(C(F)(F)F)c2)C1. The summed E-state index contributed by atoms with van der Waals surface area (Å²) in [4.78, 5) is 36.1. The van der Waals surface area contributed by atoms with Crippen LogP contribution in [0.15, 0.2) is 24.3 Å².